The third-order valence-corrected chi connectivity index (χ3v) is 2.80. The van der Waals surface area contributed by atoms with Crippen LogP contribution in [0, 0.1) is 5.53 Å². The molecule has 7 nitrogen and oxygen atoms in total. The van der Waals surface area contributed by atoms with Gasteiger partial charge in [-0.3, -0.25) is 0 Å². The predicted molar refractivity (Wildman–Crippen MR) is 76.5 cm³/mol. The minimum atomic E-state index is -0.648. The van der Waals surface area contributed by atoms with Crippen molar-refractivity contribution in [2.75, 3.05) is 13.7 Å². The zero-order chi connectivity index (χ0) is 15.1. The molecule has 2 aromatic heterocycles. The Hall–Kier alpha value is -2.83. The summed E-state index contributed by atoms with van der Waals surface area (Å²) in [5, 5.41) is 7.00. The average Bonchev–Trinajstić information content (AvgIpc) is 2.54. The number of hydrogen-bond donors (Lipinski definition) is 2. The first-order valence-corrected chi connectivity index (χ1v) is 6.34. The number of pyridine rings is 2. The smallest absolute Gasteiger partial charge is 0.360 e. The number of rotatable bonds is 6. The van der Waals surface area contributed by atoms with Gasteiger partial charge in [-0.2, -0.15) is 0 Å². The largest absolute Gasteiger partial charge is 0.464 e. The van der Waals surface area contributed by atoms with Gasteiger partial charge in [0.05, 0.1) is 7.11 Å². The highest BCUT2D eigenvalue weighted by Gasteiger charge is 2.07. The number of methoxy groups -OCH3 is 1. The van der Waals surface area contributed by atoms with Crippen molar-refractivity contribution in [1.82, 2.24) is 15.3 Å². The zero-order valence-corrected chi connectivity index (χ0v) is 11.5. The van der Waals surface area contributed by atoms with Crippen LogP contribution in [0.2, 0.25) is 0 Å². The van der Waals surface area contributed by atoms with E-state index in [1.54, 1.807) is 6.20 Å². The SMILES string of the molecule is COC(=O)/C(=C/NCCc1ccc2cccnc2n1)N=N. The van der Waals surface area contributed by atoms with Crippen LogP contribution in [0.15, 0.2) is 47.5 Å². The molecule has 2 aromatic rings. The summed E-state index contributed by atoms with van der Waals surface area (Å²) in [5.41, 5.74) is 8.40. The molecule has 0 radical (unpaired) electrons. The van der Waals surface area contributed by atoms with E-state index in [9.17, 15) is 4.79 Å². The monoisotopic (exact) mass is 285 g/mol. The topological polar surface area (TPSA) is 100 Å². The third kappa shape index (κ3) is 3.82. The van der Waals surface area contributed by atoms with E-state index in [2.05, 4.69) is 25.1 Å². The Morgan fingerprint density at radius 2 is 2.33 bits per heavy atom. The van der Waals surface area contributed by atoms with Crippen LogP contribution in [0.25, 0.3) is 11.0 Å². The van der Waals surface area contributed by atoms with Crippen LogP contribution < -0.4 is 5.32 Å². The molecule has 0 aliphatic heterocycles. The third-order valence-electron chi connectivity index (χ3n) is 2.80. The Morgan fingerprint density at radius 3 is 3.10 bits per heavy atom. The number of hydrogen-bond acceptors (Lipinski definition) is 7. The van der Waals surface area contributed by atoms with Crippen molar-refractivity contribution in [3.63, 3.8) is 0 Å². The molecular weight excluding hydrogens is 270 g/mol. The van der Waals surface area contributed by atoms with Gasteiger partial charge in [-0.15, -0.1) is 5.11 Å². The highest BCUT2D eigenvalue weighted by atomic mass is 16.5. The molecule has 0 fully saturated rings. The van der Waals surface area contributed by atoms with Gasteiger partial charge in [0, 0.05) is 36.4 Å². The molecule has 2 rings (SSSR count). The lowest BCUT2D eigenvalue weighted by atomic mass is 10.2. The van der Waals surface area contributed by atoms with E-state index >= 15 is 0 Å². The summed E-state index contributed by atoms with van der Waals surface area (Å²) in [6, 6.07) is 7.73. The van der Waals surface area contributed by atoms with Crippen LogP contribution in [0.4, 0.5) is 0 Å². The van der Waals surface area contributed by atoms with Gasteiger partial charge in [0.15, 0.2) is 11.3 Å². The van der Waals surface area contributed by atoms with E-state index in [4.69, 9.17) is 5.53 Å². The van der Waals surface area contributed by atoms with Gasteiger partial charge in [-0.1, -0.05) is 0 Å². The van der Waals surface area contributed by atoms with Crippen LogP contribution in [0.3, 0.4) is 0 Å². The molecule has 0 aliphatic rings. The maximum atomic E-state index is 11.2. The summed E-state index contributed by atoms with van der Waals surface area (Å²) in [7, 11) is 1.24. The molecule has 0 saturated carbocycles. The minimum Gasteiger partial charge on any atom is -0.464 e. The molecule has 2 heterocycles. The minimum absolute atomic E-state index is 0.0781. The Kier molecular flexibility index (Phi) is 4.92. The van der Waals surface area contributed by atoms with Gasteiger partial charge in [-0.05, 0) is 24.3 Å². The molecule has 108 valence electrons. The number of carbonyl (C=O) groups is 1. The van der Waals surface area contributed by atoms with E-state index in [1.165, 1.54) is 13.3 Å². The molecule has 0 bridgehead atoms. The average molecular weight is 285 g/mol. The summed E-state index contributed by atoms with van der Waals surface area (Å²) < 4.78 is 4.49. The first kappa shape index (κ1) is 14.6. The van der Waals surface area contributed by atoms with Gasteiger partial charge in [0.1, 0.15) is 0 Å². The Balaban J connectivity index is 1.94. The summed E-state index contributed by atoms with van der Waals surface area (Å²) in [6.07, 6.45) is 3.73. The van der Waals surface area contributed by atoms with Crippen molar-refractivity contribution in [2.24, 2.45) is 5.11 Å². The van der Waals surface area contributed by atoms with Gasteiger partial charge < -0.3 is 10.1 Å². The Labute approximate surface area is 121 Å². The molecule has 0 amide bonds. The molecule has 2 N–H and O–H groups in total. The number of esters is 1. The molecule has 0 spiro atoms. The molecule has 0 aromatic carbocycles. The molecule has 0 atom stereocenters. The highest BCUT2D eigenvalue weighted by Crippen LogP contribution is 2.09. The number of nitrogens with one attached hydrogen (secondary N) is 2. The lowest BCUT2D eigenvalue weighted by molar-refractivity contribution is -0.136. The van der Waals surface area contributed by atoms with Crippen LogP contribution in [-0.4, -0.2) is 29.6 Å². The van der Waals surface area contributed by atoms with E-state index in [-0.39, 0.29) is 5.70 Å². The second kappa shape index (κ2) is 7.09. The van der Waals surface area contributed by atoms with Gasteiger partial charge in [-0.25, -0.2) is 20.3 Å². The molecule has 0 saturated heterocycles. The molecule has 0 unspecified atom stereocenters. The number of carbonyl (C=O) groups excluding carboxylic acids is 1. The fourth-order valence-electron chi connectivity index (χ4n) is 1.74. The van der Waals surface area contributed by atoms with Gasteiger partial charge >= 0.3 is 5.97 Å². The predicted octanol–water partition coefficient (Wildman–Crippen LogP) is 1.81. The second-order valence-corrected chi connectivity index (χ2v) is 4.19. The standard InChI is InChI=1S/C14H15N5O2/c1-21-14(20)12(19-15)9-16-8-6-11-5-4-10-3-2-7-17-13(10)18-11/h2-5,7,9,15-16H,6,8H2,1H3/b12-9-,19-15?. The van der Waals surface area contributed by atoms with Crippen LogP contribution >= 0.6 is 0 Å². The summed E-state index contributed by atoms with van der Waals surface area (Å²) in [4.78, 5) is 19.8. The van der Waals surface area contributed by atoms with Crippen LogP contribution in [0.5, 0.6) is 0 Å². The highest BCUT2D eigenvalue weighted by molar-refractivity contribution is 5.87. The number of aromatic nitrogens is 2. The van der Waals surface area contributed by atoms with E-state index < -0.39 is 5.97 Å². The fraction of sp³-hybridized carbons (Fsp3) is 0.214. The molecule has 21 heavy (non-hydrogen) atoms. The van der Waals surface area contributed by atoms with Crippen molar-refractivity contribution in [3.05, 3.63) is 48.1 Å². The quantitative estimate of drug-likeness (QED) is 0.365. The summed E-state index contributed by atoms with van der Waals surface area (Å²) in [5.74, 6) is -0.648. The maximum Gasteiger partial charge on any atom is 0.360 e. The summed E-state index contributed by atoms with van der Waals surface area (Å²) in [6.45, 7) is 0.557. The van der Waals surface area contributed by atoms with Crippen LogP contribution in [-0.2, 0) is 16.0 Å². The number of nitrogens with zero attached hydrogens (tertiary/aromatic N) is 3. The fourth-order valence-corrected chi connectivity index (χ4v) is 1.74. The van der Waals surface area contributed by atoms with Crippen molar-refractivity contribution in [3.8, 4) is 0 Å². The van der Waals surface area contributed by atoms with Crippen LogP contribution in [0.1, 0.15) is 5.69 Å². The first-order valence-electron chi connectivity index (χ1n) is 6.34. The Morgan fingerprint density at radius 1 is 1.48 bits per heavy atom. The van der Waals surface area contributed by atoms with Crippen molar-refractivity contribution < 1.29 is 9.53 Å². The van der Waals surface area contributed by atoms with Gasteiger partial charge in [0.25, 0.3) is 0 Å². The normalized spacial score (nSPS) is 11.2. The van der Waals surface area contributed by atoms with E-state index in [1.807, 2.05) is 24.3 Å². The van der Waals surface area contributed by atoms with Gasteiger partial charge in [0.2, 0.25) is 0 Å². The van der Waals surface area contributed by atoms with E-state index in [0.717, 1.165) is 11.1 Å². The first-order chi connectivity index (χ1) is 10.2. The lowest BCUT2D eigenvalue weighted by Gasteiger charge is -2.03. The Bertz CT molecular complexity index is 684. The second-order valence-electron chi connectivity index (χ2n) is 4.19. The number of ether oxygens (including phenoxy) is 1. The molecule has 7 heteroatoms. The lowest BCUT2D eigenvalue weighted by Crippen LogP contribution is -2.14. The molecular formula is C14H15N5O2. The molecule has 0 aliphatic carbocycles. The summed E-state index contributed by atoms with van der Waals surface area (Å²) >= 11 is 0. The maximum absolute atomic E-state index is 11.2. The number of fused-ring (bicyclic) bond motifs is 1. The van der Waals surface area contributed by atoms with Crippen molar-refractivity contribution in [1.29, 1.82) is 5.53 Å². The zero-order valence-electron chi connectivity index (χ0n) is 11.5. The van der Waals surface area contributed by atoms with E-state index in [0.29, 0.717) is 18.6 Å². The van der Waals surface area contributed by atoms with Crippen molar-refractivity contribution >= 4 is 17.0 Å². The van der Waals surface area contributed by atoms with Crippen molar-refractivity contribution in [2.45, 2.75) is 6.42 Å².